The first-order valence-electron chi connectivity index (χ1n) is 2.65. The van der Waals surface area contributed by atoms with Crippen LogP contribution in [-0.4, -0.2) is 6.29 Å². The molecular weight excluding hydrogens is 120 g/mol. The lowest BCUT2D eigenvalue weighted by atomic mass is 10.6. The molecule has 0 fully saturated rings. The molecule has 1 unspecified atom stereocenters. The predicted octanol–water partition coefficient (Wildman–Crippen LogP) is 1.43. The van der Waals surface area contributed by atoms with Crippen LogP contribution in [-0.2, 0) is 5.11 Å². The fourth-order valence-electron chi connectivity index (χ4n) is 0.494. The molecule has 0 aliphatic rings. The summed E-state index contributed by atoms with van der Waals surface area (Å²) in [5, 5.41) is 10.3. The van der Waals surface area contributed by atoms with Gasteiger partial charge < -0.3 is 9.15 Å². The Morgan fingerprint density at radius 1 is 1.78 bits per heavy atom. The molecule has 0 saturated carbocycles. The molecule has 0 amide bonds. The summed E-state index contributed by atoms with van der Waals surface area (Å²) < 4.78 is 9.35. The van der Waals surface area contributed by atoms with Crippen molar-refractivity contribution in [3.63, 3.8) is 0 Å². The van der Waals surface area contributed by atoms with E-state index in [1.165, 1.54) is 13.2 Å². The number of rotatable bonds is 2. The van der Waals surface area contributed by atoms with Crippen LogP contribution in [0, 0.1) is 0 Å². The van der Waals surface area contributed by atoms with E-state index in [9.17, 15) is 5.11 Å². The van der Waals surface area contributed by atoms with E-state index in [4.69, 9.17) is 4.42 Å². The Morgan fingerprint density at radius 2 is 2.56 bits per heavy atom. The molecule has 0 aromatic carbocycles. The summed E-state index contributed by atoms with van der Waals surface area (Å²) in [7, 11) is 0. The SMILES string of the molecule is CC([O])Oc1ccco1. The maximum Gasteiger partial charge on any atom is 0.286 e. The summed E-state index contributed by atoms with van der Waals surface area (Å²) in [6, 6.07) is 3.26. The number of furan rings is 1. The number of ether oxygens (including phenoxy) is 1. The minimum atomic E-state index is -1.06. The molecule has 0 aliphatic carbocycles. The van der Waals surface area contributed by atoms with Gasteiger partial charge in [0.1, 0.15) is 0 Å². The standard InChI is InChI=1S/C6H7O3/c1-5(7)9-6-3-2-4-8-6/h2-5H,1H3. The zero-order valence-corrected chi connectivity index (χ0v) is 5.03. The Kier molecular flexibility index (Phi) is 1.75. The molecule has 3 nitrogen and oxygen atoms in total. The van der Waals surface area contributed by atoms with Crippen LogP contribution in [0.2, 0.25) is 0 Å². The molecule has 9 heavy (non-hydrogen) atoms. The highest BCUT2D eigenvalue weighted by atomic mass is 16.7. The smallest absolute Gasteiger partial charge is 0.286 e. The fraction of sp³-hybridized carbons (Fsp3) is 0.333. The monoisotopic (exact) mass is 127 g/mol. The van der Waals surface area contributed by atoms with E-state index in [0.717, 1.165) is 0 Å². The van der Waals surface area contributed by atoms with E-state index in [-0.39, 0.29) is 5.95 Å². The first kappa shape index (κ1) is 6.16. The zero-order valence-electron chi connectivity index (χ0n) is 5.03. The van der Waals surface area contributed by atoms with Crippen molar-refractivity contribution in [1.29, 1.82) is 0 Å². The van der Waals surface area contributed by atoms with E-state index < -0.39 is 6.29 Å². The number of hydrogen-bond acceptors (Lipinski definition) is 2. The van der Waals surface area contributed by atoms with Gasteiger partial charge in [-0.15, -0.1) is 0 Å². The first-order chi connectivity index (χ1) is 4.29. The van der Waals surface area contributed by atoms with Gasteiger partial charge in [0.25, 0.3) is 5.95 Å². The van der Waals surface area contributed by atoms with Crippen LogP contribution in [0.1, 0.15) is 6.92 Å². The lowest BCUT2D eigenvalue weighted by Gasteiger charge is -2.00. The molecule has 49 valence electrons. The van der Waals surface area contributed by atoms with Crippen molar-refractivity contribution in [3.05, 3.63) is 18.4 Å². The lowest BCUT2D eigenvalue weighted by Crippen LogP contribution is -2.06. The van der Waals surface area contributed by atoms with Crippen molar-refractivity contribution in [2.75, 3.05) is 0 Å². The summed E-state index contributed by atoms with van der Waals surface area (Å²) in [5.74, 6) is 0.275. The summed E-state index contributed by atoms with van der Waals surface area (Å²) in [6.45, 7) is 1.41. The topological polar surface area (TPSA) is 42.3 Å². The van der Waals surface area contributed by atoms with Gasteiger partial charge in [-0.05, 0) is 6.07 Å². The third kappa shape index (κ3) is 1.77. The average Bonchev–Trinajstić information content (AvgIpc) is 2.15. The van der Waals surface area contributed by atoms with E-state index >= 15 is 0 Å². The summed E-state index contributed by atoms with van der Waals surface area (Å²) in [6.07, 6.45) is 0.397. The molecular formula is C6H7O3. The molecule has 1 atom stereocenters. The van der Waals surface area contributed by atoms with E-state index in [1.807, 2.05) is 0 Å². The number of hydrogen-bond donors (Lipinski definition) is 0. The van der Waals surface area contributed by atoms with Crippen LogP contribution in [0.25, 0.3) is 0 Å². The molecule has 3 heteroatoms. The highest BCUT2D eigenvalue weighted by Gasteiger charge is 1.99. The predicted molar refractivity (Wildman–Crippen MR) is 29.5 cm³/mol. The molecule has 0 spiro atoms. The van der Waals surface area contributed by atoms with Gasteiger partial charge in [0, 0.05) is 13.0 Å². The van der Waals surface area contributed by atoms with Crippen LogP contribution >= 0.6 is 0 Å². The van der Waals surface area contributed by atoms with Gasteiger partial charge in [0.2, 0.25) is 6.29 Å². The first-order valence-corrected chi connectivity index (χ1v) is 2.65. The third-order valence-electron chi connectivity index (χ3n) is 0.777. The van der Waals surface area contributed by atoms with Gasteiger partial charge in [-0.3, -0.25) is 0 Å². The minimum Gasteiger partial charge on any atom is -0.434 e. The van der Waals surface area contributed by atoms with Gasteiger partial charge in [-0.1, -0.05) is 0 Å². The van der Waals surface area contributed by atoms with E-state index in [2.05, 4.69) is 4.74 Å². The lowest BCUT2D eigenvalue weighted by molar-refractivity contribution is -0.0674. The Hall–Kier alpha value is -0.960. The maximum absolute atomic E-state index is 10.3. The molecule has 0 bridgehead atoms. The highest BCUT2D eigenvalue weighted by Crippen LogP contribution is 2.10. The Bertz CT molecular complexity index is 155. The van der Waals surface area contributed by atoms with Crippen LogP contribution in [0.5, 0.6) is 5.95 Å². The van der Waals surface area contributed by atoms with Gasteiger partial charge in [-0.2, -0.15) is 5.11 Å². The molecule has 1 rings (SSSR count). The molecule has 0 saturated heterocycles. The zero-order chi connectivity index (χ0) is 6.69. The maximum atomic E-state index is 10.3. The van der Waals surface area contributed by atoms with E-state index in [1.54, 1.807) is 12.1 Å². The van der Waals surface area contributed by atoms with Crippen LogP contribution in [0.15, 0.2) is 22.8 Å². The van der Waals surface area contributed by atoms with Crippen molar-refractivity contribution in [3.8, 4) is 5.95 Å². The van der Waals surface area contributed by atoms with Crippen molar-refractivity contribution in [1.82, 2.24) is 0 Å². The Labute approximate surface area is 52.9 Å². The second kappa shape index (κ2) is 2.55. The third-order valence-corrected chi connectivity index (χ3v) is 0.777. The van der Waals surface area contributed by atoms with Crippen LogP contribution in [0.3, 0.4) is 0 Å². The van der Waals surface area contributed by atoms with Crippen molar-refractivity contribution in [2.24, 2.45) is 0 Å². The molecule has 1 radical (unpaired) electrons. The molecule has 0 N–H and O–H groups in total. The minimum absolute atomic E-state index is 0.275. The van der Waals surface area contributed by atoms with Gasteiger partial charge >= 0.3 is 0 Å². The van der Waals surface area contributed by atoms with Gasteiger partial charge in [-0.25, -0.2) is 0 Å². The second-order valence-corrected chi connectivity index (χ2v) is 1.62. The largest absolute Gasteiger partial charge is 0.434 e. The quantitative estimate of drug-likeness (QED) is 0.564. The van der Waals surface area contributed by atoms with E-state index in [0.29, 0.717) is 0 Å². The summed E-state index contributed by atoms with van der Waals surface area (Å²) >= 11 is 0. The van der Waals surface area contributed by atoms with Crippen LogP contribution < -0.4 is 4.74 Å². The summed E-state index contributed by atoms with van der Waals surface area (Å²) in [5.41, 5.74) is 0. The van der Waals surface area contributed by atoms with Crippen molar-refractivity contribution >= 4 is 0 Å². The Morgan fingerprint density at radius 3 is 3.00 bits per heavy atom. The van der Waals surface area contributed by atoms with Crippen molar-refractivity contribution in [2.45, 2.75) is 13.2 Å². The van der Waals surface area contributed by atoms with Gasteiger partial charge in [0.05, 0.1) is 6.26 Å². The molecule has 1 aromatic rings. The summed E-state index contributed by atoms with van der Waals surface area (Å²) in [4.78, 5) is 0. The molecule has 1 aromatic heterocycles. The molecule has 1 heterocycles. The molecule has 0 aliphatic heterocycles. The second-order valence-electron chi connectivity index (χ2n) is 1.62. The van der Waals surface area contributed by atoms with Crippen LogP contribution in [0.4, 0.5) is 0 Å². The fourth-order valence-corrected chi connectivity index (χ4v) is 0.494. The van der Waals surface area contributed by atoms with Gasteiger partial charge in [0.15, 0.2) is 0 Å². The normalized spacial score (nSPS) is 13.1. The highest BCUT2D eigenvalue weighted by molar-refractivity contribution is 5.03. The van der Waals surface area contributed by atoms with Crippen molar-refractivity contribution < 1.29 is 14.3 Å². The Balaban J connectivity index is 2.48. The average molecular weight is 127 g/mol.